The molecule has 3 rings (SSSR count). The van der Waals surface area contributed by atoms with Crippen LogP contribution in [0.2, 0.25) is 0 Å². The number of anilines is 1. The zero-order valence-corrected chi connectivity index (χ0v) is 12.5. The van der Waals surface area contributed by atoms with Crippen LogP contribution in [0.4, 0.5) is 6.01 Å². The van der Waals surface area contributed by atoms with Gasteiger partial charge in [-0.15, -0.1) is 0 Å². The van der Waals surface area contributed by atoms with E-state index in [9.17, 15) is 4.79 Å². The molecule has 7 nitrogen and oxygen atoms in total. The molecule has 0 bridgehead atoms. The molecule has 0 saturated carbocycles. The Labute approximate surface area is 128 Å². The van der Waals surface area contributed by atoms with Gasteiger partial charge in [0.1, 0.15) is 0 Å². The van der Waals surface area contributed by atoms with E-state index < -0.39 is 0 Å². The van der Waals surface area contributed by atoms with Crippen LogP contribution >= 0.6 is 15.9 Å². The van der Waals surface area contributed by atoms with Crippen molar-refractivity contribution in [2.24, 2.45) is 0 Å². The molecular formula is C13H10BrN5O2. The van der Waals surface area contributed by atoms with Gasteiger partial charge in [0.05, 0.1) is 17.4 Å². The quantitative estimate of drug-likeness (QED) is 0.786. The molecule has 2 aromatic heterocycles. The number of hydrogen-bond donors (Lipinski definition) is 1. The molecular weight excluding hydrogens is 338 g/mol. The van der Waals surface area contributed by atoms with Gasteiger partial charge in [0, 0.05) is 10.7 Å². The molecule has 21 heavy (non-hydrogen) atoms. The second kappa shape index (κ2) is 5.49. The minimum atomic E-state index is -0.361. The third-order valence-corrected chi connectivity index (χ3v) is 3.16. The fourth-order valence-corrected chi connectivity index (χ4v) is 2.10. The predicted molar refractivity (Wildman–Crippen MR) is 78.3 cm³/mol. The van der Waals surface area contributed by atoms with Gasteiger partial charge in [-0.3, -0.25) is 10.1 Å². The molecule has 8 heteroatoms. The minimum absolute atomic E-state index is 0.0627. The van der Waals surface area contributed by atoms with Crippen molar-refractivity contribution < 1.29 is 9.32 Å². The first kappa shape index (κ1) is 13.5. The van der Waals surface area contributed by atoms with Gasteiger partial charge in [0.15, 0.2) is 5.82 Å². The maximum absolute atomic E-state index is 12.0. The molecule has 1 aromatic carbocycles. The summed E-state index contributed by atoms with van der Waals surface area (Å²) < 4.78 is 7.38. The summed E-state index contributed by atoms with van der Waals surface area (Å²) in [5, 5.41) is 10.3. The summed E-state index contributed by atoms with van der Waals surface area (Å²) in [5.74, 6) is 0.0926. The van der Waals surface area contributed by atoms with Gasteiger partial charge in [0.25, 0.3) is 5.91 Å². The number of rotatable bonds is 3. The van der Waals surface area contributed by atoms with Crippen molar-refractivity contribution in [2.75, 3.05) is 5.32 Å². The van der Waals surface area contributed by atoms with Crippen molar-refractivity contribution in [3.63, 3.8) is 0 Å². The van der Waals surface area contributed by atoms with Gasteiger partial charge >= 0.3 is 6.01 Å². The molecule has 0 saturated heterocycles. The average Bonchev–Trinajstić information content (AvgIpc) is 3.08. The average molecular weight is 348 g/mol. The van der Waals surface area contributed by atoms with Crippen LogP contribution in [-0.4, -0.2) is 25.8 Å². The highest BCUT2D eigenvalue weighted by atomic mass is 79.9. The van der Waals surface area contributed by atoms with E-state index in [2.05, 4.69) is 36.5 Å². The van der Waals surface area contributed by atoms with Crippen LogP contribution in [0.1, 0.15) is 16.2 Å². The second-order valence-corrected chi connectivity index (χ2v) is 5.17. The Morgan fingerprint density at radius 3 is 3.00 bits per heavy atom. The second-order valence-electron chi connectivity index (χ2n) is 4.25. The summed E-state index contributed by atoms with van der Waals surface area (Å²) in [6, 6.07) is 7.66. The SMILES string of the molecule is Cc1noc(NC(=O)c2cnn(-c3cccc(Br)c3)c2)n1. The molecule has 0 spiro atoms. The van der Waals surface area contributed by atoms with Gasteiger partial charge in [-0.2, -0.15) is 10.1 Å². The van der Waals surface area contributed by atoms with Gasteiger partial charge < -0.3 is 4.52 Å². The summed E-state index contributed by atoms with van der Waals surface area (Å²) in [6.45, 7) is 1.67. The summed E-state index contributed by atoms with van der Waals surface area (Å²) in [4.78, 5) is 15.9. The van der Waals surface area contributed by atoms with Crippen LogP contribution < -0.4 is 5.32 Å². The number of nitrogens with one attached hydrogen (secondary N) is 1. The molecule has 0 unspecified atom stereocenters. The van der Waals surface area contributed by atoms with E-state index in [0.29, 0.717) is 11.4 Å². The number of halogens is 1. The van der Waals surface area contributed by atoms with Crippen molar-refractivity contribution in [3.8, 4) is 5.69 Å². The Balaban J connectivity index is 1.80. The van der Waals surface area contributed by atoms with Crippen LogP contribution in [0.5, 0.6) is 0 Å². The first-order chi connectivity index (χ1) is 10.1. The lowest BCUT2D eigenvalue weighted by atomic mass is 10.3. The van der Waals surface area contributed by atoms with Gasteiger partial charge in [-0.25, -0.2) is 4.68 Å². The Kier molecular flexibility index (Phi) is 3.53. The largest absolute Gasteiger partial charge is 0.328 e. The zero-order chi connectivity index (χ0) is 14.8. The molecule has 1 N–H and O–H groups in total. The molecule has 0 aliphatic heterocycles. The lowest BCUT2D eigenvalue weighted by Crippen LogP contribution is -2.11. The minimum Gasteiger partial charge on any atom is -0.315 e. The maximum atomic E-state index is 12.0. The number of carbonyl (C=O) groups is 1. The van der Waals surface area contributed by atoms with E-state index in [4.69, 9.17) is 4.52 Å². The number of amides is 1. The highest BCUT2D eigenvalue weighted by molar-refractivity contribution is 9.10. The number of nitrogens with zero attached hydrogens (tertiary/aromatic N) is 4. The fourth-order valence-electron chi connectivity index (χ4n) is 1.72. The highest BCUT2D eigenvalue weighted by Crippen LogP contribution is 2.15. The van der Waals surface area contributed by atoms with Crippen LogP contribution in [0.3, 0.4) is 0 Å². The summed E-state index contributed by atoms with van der Waals surface area (Å²) in [5.41, 5.74) is 1.24. The van der Waals surface area contributed by atoms with Gasteiger partial charge in [0.2, 0.25) is 0 Å². The molecule has 0 radical (unpaired) electrons. The smallest absolute Gasteiger partial charge is 0.315 e. The van der Waals surface area contributed by atoms with E-state index in [0.717, 1.165) is 10.2 Å². The number of benzene rings is 1. The van der Waals surface area contributed by atoms with Crippen molar-refractivity contribution in [1.82, 2.24) is 19.9 Å². The van der Waals surface area contributed by atoms with Crippen LogP contribution in [-0.2, 0) is 0 Å². The summed E-state index contributed by atoms with van der Waals surface area (Å²) in [6.07, 6.45) is 3.10. The standard InChI is InChI=1S/C13H10BrN5O2/c1-8-16-13(21-18-8)17-12(20)9-6-15-19(7-9)11-4-2-3-10(14)5-11/h2-7H,1H3,(H,16,17,18,20). The topological polar surface area (TPSA) is 85.8 Å². The monoisotopic (exact) mass is 347 g/mol. The summed E-state index contributed by atoms with van der Waals surface area (Å²) >= 11 is 3.39. The van der Waals surface area contributed by atoms with Crippen molar-refractivity contribution >= 4 is 27.9 Å². The molecule has 1 amide bonds. The summed E-state index contributed by atoms with van der Waals surface area (Å²) in [7, 11) is 0. The predicted octanol–water partition coefficient (Wildman–Crippen LogP) is 2.58. The van der Waals surface area contributed by atoms with Gasteiger partial charge in [-0.1, -0.05) is 27.2 Å². The van der Waals surface area contributed by atoms with Crippen molar-refractivity contribution in [3.05, 3.63) is 52.5 Å². The lowest BCUT2D eigenvalue weighted by Gasteiger charge is -2.00. The Morgan fingerprint density at radius 1 is 1.43 bits per heavy atom. The molecule has 3 aromatic rings. The van der Waals surface area contributed by atoms with E-state index in [1.165, 1.54) is 6.20 Å². The highest BCUT2D eigenvalue weighted by Gasteiger charge is 2.13. The maximum Gasteiger partial charge on any atom is 0.328 e. The fraction of sp³-hybridized carbons (Fsp3) is 0.0769. The number of carbonyl (C=O) groups excluding carboxylic acids is 1. The number of aromatic nitrogens is 4. The van der Waals surface area contributed by atoms with Crippen LogP contribution in [0.25, 0.3) is 5.69 Å². The molecule has 0 aliphatic carbocycles. The Hall–Kier alpha value is -2.48. The third-order valence-electron chi connectivity index (χ3n) is 2.67. The first-order valence-corrected chi connectivity index (χ1v) is 6.83. The molecule has 2 heterocycles. The van der Waals surface area contributed by atoms with E-state index in [1.54, 1.807) is 17.8 Å². The number of hydrogen-bond acceptors (Lipinski definition) is 5. The molecule has 0 fully saturated rings. The lowest BCUT2D eigenvalue weighted by molar-refractivity contribution is 0.102. The third kappa shape index (κ3) is 3.00. The molecule has 0 aliphatic rings. The van der Waals surface area contributed by atoms with Crippen LogP contribution in [0, 0.1) is 6.92 Å². The normalized spacial score (nSPS) is 10.6. The molecule has 0 atom stereocenters. The van der Waals surface area contributed by atoms with Crippen LogP contribution in [0.15, 0.2) is 45.7 Å². The van der Waals surface area contributed by atoms with Crippen molar-refractivity contribution in [2.45, 2.75) is 6.92 Å². The molecule has 106 valence electrons. The number of aryl methyl sites for hydroxylation is 1. The van der Waals surface area contributed by atoms with Gasteiger partial charge in [-0.05, 0) is 25.1 Å². The van der Waals surface area contributed by atoms with Crippen molar-refractivity contribution in [1.29, 1.82) is 0 Å². The van der Waals surface area contributed by atoms with E-state index >= 15 is 0 Å². The zero-order valence-electron chi connectivity index (χ0n) is 10.9. The first-order valence-electron chi connectivity index (χ1n) is 6.04. The Morgan fingerprint density at radius 2 is 2.29 bits per heavy atom. The van der Waals surface area contributed by atoms with E-state index in [-0.39, 0.29) is 11.9 Å². The van der Waals surface area contributed by atoms with E-state index in [1.807, 2.05) is 24.3 Å². The Bertz CT molecular complexity index is 795.